The molecule has 3 heteroatoms. The smallest absolute Gasteiger partial charge is 0.132 e. The molecule has 0 atom stereocenters. The molecule has 0 saturated heterocycles. The fourth-order valence-corrected chi connectivity index (χ4v) is 2.06. The molecule has 2 aliphatic carbocycles. The normalized spacial score (nSPS) is 19.8. The van der Waals surface area contributed by atoms with Gasteiger partial charge in [0, 0.05) is 37.4 Å². The van der Waals surface area contributed by atoms with E-state index >= 15 is 0 Å². The molecule has 0 spiro atoms. The second-order valence-electron chi connectivity index (χ2n) is 4.98. The van der Waals surface area contributed by atoms with Crippen molar-refractivity contribution in [2.24, 2.45) is 0 Å². The van der Waals surface area contributed by atoms with Gasteiger partial charge in [0.05, 0.1) is 0 Å². The fourth-order valence-electron chi connectivity index (χ4n) is 2.06. The lowest BCUT2D eigenvalue weighted by Crippen LogP contribution is -2.24. The molecule has 2 aliphatic rings. The van der Waals surface area contributed by atoms with E-state index in [1.165, 1.54) is 31.2 Å². The molecule has 3 nitrogen and oxygen atoms in total. The third kappa shape index (κ3) is 2.19. The van der Waals surface area contributed by atoms with Gasteiger partial charge < -0.3 is 10.2 Å². The number of aromatic nitrogens is 1. The third-order valence-corrected chi connectivity index (χ3v) is 3.45. The summed E-state index contributed by atoms with van der Waals surface area (Å²) in [5.41, 5.74) is 1.34. The zero-order valence-electron chi connectivity index (χ0n) is 9.82. The number of hydrogen-bond donors (Lipinski definition) is 1. The van der Waals surface area contributed by atoms with Crippen LogP contribution in [0.3, 0.4) is 0 Å². The molecule has 1 heterocycles. The van der Waals surface area contributed by atoms with Gasteiger partial charge >= 0.3 is 0 Å². The van der Waals surface area contributed by atoms with Gasteiger partial charge in [-0.05, 0) is 31.7 Å². The van der Waals surface area contributed by atoms with Crippen LogP contribution in [-0.2, 0) is 6.54 Å². The summed E-state index contributed by atoms with van der Waals surface area (Å²) in [4.78, 5) is 6.86. The van der Waals surface area contributed by atoms with Crippen molar-refractivity contribution in [1.82, 2.24) is 10.3 Å². The first-order valence-corrected chi connectivity index (χ1v) is 6.24. The van der Waals surface area contributed by atoms with Gasteiger partial charge in [-0.1, -0.05) is 6.07 Å². The van der Waals surface area contributed by atoms with Crippen molar-refractivity contribution >= 4 is 5.82 Å². The van der Waals surface area contributed by atoms with E-state index in [4.69, 9.17) is 0 Å². The Morgan fingerprint density at radius 2 is 2.19 bits per heavy atom. The number of pyridine rings is 1. The maximum Gasteiger partial charge on any atom is 0.132 e. The van der Waals surface area contributed by atoms with Crippen molar-refractivity contribution in [2.45, 2.75) is 44.3 Å². The highest BCUT2D eigenvalue weighted by Gasteiger charge is 2.28. The Bertz CT molecular complexity index is 369. The maximum absolute atomic E-state index is 4.52. The molecule has 2 saturated carbocycles. The van der Waals surface area contributed by atoms with E-state index in [0.29, 0.717) is 0 Å². The SMILES string of the molecule is CN(c1ncccc1CNC1CC1)C1CC1. The summed E-state index contributed by atoms with van der Waals surface area (Å²) in [5.74, 6) is 1.16. The first-order chi connectivity index (χ1) is 7.84. The number of nitrogens with zero attached hydrogens (tertiary/aromatic N) is 2. The van der Waals surface area contributed by atoms with Crippen molar-refractivity contribution in [3.63, 3.8) is 0 Å². The Balaban J connectivity index is 1.73. The van der Waals surface area contributed by atoms with Crippen LogP contribution in [0.5, 0.6) is 0 Å². The molecule has 0 unspecified atom stereocenters. The summed E-state index contributed by atoms with van der Waals surface area (Å²) in [6, 6.07) is 5.72. The molecule has 0 bridgehead atoms. The van der Waals surface area contributed by atoms with E-state index in [-0.39, 0.29) is 0 Å². The predicted octanol–water partition coefficient (Wildman–Crippen LogP) is 1.93. The molecule has 16 heavy (non-hydrogen) atoms. The Morgan fingerprint density at radius 3 is 2.88 bits per heavy atom. The molecule has 0 amide bonds. The van der Waals surface area contributed by atoms with Gasteiger partial charge in [-0.25, -0.2) is 4.98 Å². The molecule has 0 aliphatic heterocycles. The van der Waals surface area contributed by atoms with Gasteiger partial charge in [-0.2, -0.15) is 0 Å². The summed E-state index contributed by atoms with van der Waals surface area (Å²) in [6.45, 7) is 0.963. The summed E-state index contributed by atoms with van der Waals surface area (Å²) < 4.78 is 0. The monoisotopic (exact) mass is 217 g/mol. The van der Waals surface area contributed by atoms with Gasteiger partial charge in [0.15, 0.2) is 0 Å². The second-order valence-corrected chi connectivity index (χ2v) is 4.98. The Labute approximate surface area is 96.9 Å². The van der Waals surface area contributed by atoms with Gasteiger partial charge in [0.2, 0.25) is 0 Å². The molecule has 3 rings (SSSR count). The minimum absolute atomic E-state index is 0.731. The van der Waals surface area contributed by atoms with E-state index in [1.54, 1.807) is 0 Å². The van der Waals surface area contributed by atoms with Crippen LogP contribution in [0.4, 0.5) is 5.82 Å². The van der Waals surface area contributed by atoms with Crippen LogP contribution in [0.25, 0.3) is 0 Å². The van der Waals surface area contributed by atoms with E-state index < -0.39 is 0 Å². The average molecular weight is 217 g/mol. The van der Waals surface area contributed by atoms with E-state index in [9.17, 15) is 0 Å². The Morgan fingerprint density at radius 1 is 1.38 bits per heavy atom. The van der Waals surface area contributed by atoms with Gasteiger partial charge in [-0.3, -0.25) is 0 Å². The van der Waals surface area contributed by atoms with E-state index in [0.717, 1.165) is 24.4 Å². The van der Waals surface area contributed by atoms with Crippen molar-refractivity contribution in [3.8, 4) is 0 Å². The Hall–Kier alpha value is -1.09. The van der Waals surface area contributed by atoms with Crippen LogP contribution in [0.1, 0.15) is 31.2 Å². The van der Waals surface area contributed by atoms with E-state index in [1.807, 2.05) is 12.3 Å². The highest BCUT2D eigenvalue weighted by Crippen LogP contribution is 2.31. The molecular weight excluding hydrogens is 198 g/mol. The maximum atomic E-state index is 4.52. The molecule has 86 valence electrons. The minimum atomic E-state index is 0.731. The Kier molecular flexibility index (Phi) is 2.56. The zero-order valence-corrected chi connectivity index (χ0v) is 9.82. The van der Waals surface area contributed by atoms with Crippen LogP contribution in [0.15, 0.2) is 18.3 Å². The lowest BCUT2D eigenvalue weighted by atomic mass is 10.2. The summed E-state index contributed by atoms with van der Waals surface area (Å²) in [7, 11) is 2.17. The average Bonchev–Trinajstić information content (AvgIpc) is 3.18. The van der Waals surface area contributed by atoms with Crippen molar-refractivity contribution < 1.29 is 0 Å². The van der Waals surface area contributed by atoms with Crippen LogP contribution < -0.4 is 10.2 Å². The summed E-state index contributed by atoms with van der Waals surface area (Å²) in [6.07, 6.45) is 7.22. The topological polar surface area (TPSA) is 28.2 Å². The number of nitrogens with one attached hydrogen (secondary N) is 1. The largest absolute Gasteiger partial charge is 0.356 e. The molecule has 1 N–H and O–H groups in total. The fraction of sp³-hybridized carbons (Fsp3) is 0.615. The molecule has 1 aromatic rings. The van der Waals surface area contributed by atoms with Crippen LogP contribution in [0, 0.1) is 0 Å². The lowest BCUT2D eigenvalue weighted by Gasteiger charge is -2.20. The van der Waals surface area contributed by atoms with Crippen LogP contribution in [0.2, 0.25) is 0 Å². The summed E-state index contributed by atoms with van der Waals surface area (Å²) >= 11 is 0. The third-order valence-electron chi connectivity index (χ3n) is 3.45. The van der Waals surface area contributed by atoms with Gasteiger partial charge in [0.25, 0.3) is 0 Å². The van der Waals surface area contributed by atoms with Crippen LogP contribution >= 0.6 is 0 Å². The first kappa shape index (κ1) is 10.1. The van der Waals surface area contributed by atoms with Crippen molar-refractivity contribution in [3.05, 3.63) is 23.9 Å². The molecule has 2 fully saturated rings. The standard InChI is InChI=1S/C13H19N3/c1-16(12-6-7-12)13-10(3-2-8-14-13)9-15-11-4-5-11/h2-3,8,11-12,15H,4-7,9H2,1H3. The quantitative estimate of drug-likeness (QED) is 0.817. The van der Waals surface area contributed by atoms with Crippen molar-refractivity contribution in [2.75, 3.05) is 11.9 Å². The lowest BCUT2D eigenvalue weighted by molar-refractivity contribution is 0.682. The molecule has 0 aromatic carbocycles. The van der Waals surface area contributed by atoms with Crippen molar-refractivity contribution in [1.29, 1.82) is 0 Å². The minimum Gasteiger partial charge on any atom is -0.356 e. The number of anilines is 1. The number of rotatable bonds is 5. The molecule has 0 radical (unpaired) electrons. The van der Waals surface area contributed by atoms with E-state index in [2.05, 4.69) is 28.3 Å². The zero-order chi connectivity index (χ0) is 11.0. The first-order valence-electron chi connectivity index (χ1n) is 6.24. The molecule has 1 aromatic heterocycles. The summed E-state index contributed by atoms with van der Waals surface area (Å²) in [5, 5.41) is 3.56. The highest BCUT2D eigenvalue weighted by atomic mass is 15.2. The number of hydrogen-bond acceptors (Lipinski definition) is 3. The van der Waals surface area contributed by atoms with Gasteiger partial charge in [0.1, 0.15) is 5.82 Å². The predicted molar refractivity (Wildman–Crippen MR) is 65.5 cm³/mol. The van der Waals surface area contributed by atoms with Gasteiger partial charge in [-0.15, -0.1) is 0 Å². The highest BCUT2D eigenvalue weighted by molar-refractivity contribution is 5.48. The molecular formula is C13H19N3. The van der Waals surface area contributed by atoms with Crippen LogP contribution in [-0.4, -0.2) is 24.1 Å². The second kappa shape index (κ2) is 4.06.